The minimum absolute atomic E-state index is 0.427. The van der Waals surface area contributed by atoms with E-state index in [0.29, 0.717) is 26.3 Å². The molecule has 0 amide bonds. The standard InChI is InChI=1S/C12H6BrCl2N3S2/c13-6-3-4-7(10(15)9(6)14)18-11(16-17-12(18)19)8-2-1-5-20-8/h1-5H,(H,17,19). The number of aromatic nitrogens is 3. The minimum Gasteiger partial charge on any atom is -0.266 e. The van der Waals surface area contributed by atoms with Crippen LogP contribution in [-0.2, 0) is 0 Å². The summed E-state index contributed by atoms with van der Waals surface area (Å²) in [4.78, 5) is 0.993. The molecule has 0 fully saturated rings. The lowest BCUT2D eigenvalue weighted by atomic mass is 10.3. The summed E-state index contributed by atoms with van der Waals surface area (Å²) in [6.07, 6.45) is 0. The van der Waals surface area contributed by atoms with Gasteiger partial charge in [-0.3, -0.25) is 9.67 Å². The van der Waals surface area contributed by atoms with Gasteiger partial charge in [0.1, 0.15) is 0 Å². The lowest BCUT2D eigenvalue weighted by Crippen LogP contribution is -1.98. The third kappa shape index (κ3) is 2.35. The van der Waals surface area contributed by atoms with Crippen molar-refractivity contribution in [2.24, 2.45) is 0 Å². The highest BCUT2D eigenvalue weighted by Crippen LogP contribution is 2.36. The van der Waals surface area contributed by atoms with Crippen molar-refractivity contribution in [2.75, 3.05) is 0 Å². The van der Waals surface area contributed by atoms with Crippen LogP contribution in [-0.4, -0.2) is 14.8 Å². The van der Waals surface area contributed by atoms with Gasteiger partial charge in [-0.05, 0) is 51.7 Å². The Labute approximate surface area is 142 Å². The highest BCUT2D eigenvalue weighted by atomic mass is 79.9. The number of halogens is 3. The molecule has 0 atom stereocenters. The van der Waals surface area contributed by atoms with Crippen LogP contribution in [0.3, 0.4) is 0 Å². The molecule has 0 saturated carbocycles. The first-order chi connectivity index (χ1) is 9.59. The van der Waals surface area contributed by atoms with Crippen LogP contribution in [0.1, 0.15) is 0 Å². The summed E-state index contributed by atoms with van der Waals surface area (Å²) in [6, 6.07) is 7.61. The van der Waals surface area contributed by atoms with E-state index in [4.69, 9.17) is 35.4 Å². The van der Waals surface area contributed by atoms with Crippen molar-refractivity contribution in [1.29, 1.82) is 0 Å². The van der Waals surface area contributed by atoms with Crippen LogP contribution in [0, 0.1) is 4.77 Å². The van der Waals surface area contributed by atoms with Gasteiger partial charge in [0.25, 0.3) is 0 Å². The van der Waals surface area contributed by atoms with Crippen LogP contribution < -0.4 is 0 Å². The molecule has 0 aliphatic carbocycles. The van der Waals surface area contributed by atoms with Crippen LogP contribution >= 0.6 is 62.7 Å². The Kier molecular flexibility index (Phi) is 4.01. The molecule has 20 heavy (non-hydrogen) atoms. The fraction of sp³-hybridized carbons (Fsp3) is 0. The Balaban J connectivity index is 2.29. The predicted molar refractivity (Wildman–Crippen MR) is 89.8 cm³/mol. The van der Waals surface area contributed by atoms with Crippen LogP contribution in [0.15, 0.2) is 34.1 Å². The maximum absolute atomic E-state index is 6.33. The van der Waals surface area contributed by atoms with Crippen molar-refractivity contribution < 1.29 is 0 Å². The molecule has 1 aromatic carbocycles. The van der Waals surface area contributed by atoms with Crippen LogP contribution in [0.5, 0.6) is 0 Å². The highest BCUT2D eigenvalue weighted by molar-refractivity contribution is 9.10. The van der Waals surface area contributed by atoms with E-state index in [0.717, 1.165) is 9.35 Å². The molecule has 0 bridgehead atoms. The summed E-state index contributed by atoms with van der Waals surface area (Å²) >= 11 is 22.7. The fourth-order valence-electron chi connectivity index (χ4n) is 1.78. The van der Waals surface area contributed by atoms with Gasteiger partial charge in [0.2, 0.25) is 0 Å². The Bertz CT molecular complexity index is 824. The van der Waals surface area contributed by atoms with E-state index in [1.807, 2.05) is 29.6 Å². The van der Waals surface area contributed by atoms with E-state index in [1.54, 1.807) is 15.9 Å². The van der Waals surface area contributed by atoms with Gasteiger partial charge in [0.05, 0.1) is 20.6 Å². The average molecular weight is 407 g/mol. The Hall–Kier alpha value is -0.660. The van der Waals surface area contributed by atoms with Crippen molar-refractivity contribution in [1.82, 2.24) is 14.8 Å². The number of nitrogens with zero attached hydrogens (tertiary/aromatic N) is 2. The lowest BCUT2D eigenvalue weighted by molar-refractivity contribution is 1.04. The van der Waals surface area contributed by atoms with Crippen molar-refractivity contribution in [2.45, 2.75) is 0 Å². The molecule has 0 unspecified atom stereocenters. The molecular weight excluding hydrogens is 401 g/mol. The first-order valence-corrected chi connectivity index (χ1v) is 8.28. The van der Waals surface area contributed by atoms with Crippen molar-refractivity contribution in [3.63, 3.8) is 0 Å². The van der Waals surface area contributed by atoms with Gasteiger partial charge in [-0.15, -0.1) is 11.3 Å². The molecule has 8 heteroatoms. The fourth-order valence-corrected chi connectivity index (χ4v) is 3.57. The molecule has 102 valence electrons. The molecule has 3 aromatic rings. The zero-order valence-corrected chi connectivity index (χ0v) is 14.5. The van der Waals surface area contributed by atoms with E-state index in [1.165, 1.54) is 0 Å². The Morgan fingerprint density at radius 3 is 2.75 bits per heavy atom. The number of aromatic amines is 1. The monoisotopic (exact) mass is 405 g/mol. The second-order valence-electron chi connectivity index (χ2n) is 3.86. The van der Waals surface area contributed by atoms with Gasteiger partial charge in [-0.2, -0.15) is 5.10 Å². The third-order valence-corrected chi connectivity index (χ3v) is 5.57. The molecule has 3 nitrogen and oxygen atoms in total. The third-order valence-electron chi connectivity index (χ3n) is 2.67. The summed E-state index contributed by atoms with van der Waals surface area (Å²) < 4.78 is 2.98. The lowest BCUT2D eigenvalue weighted by Gasteiger charge is -2.10. The number of hydrogen-bond donors (Lipinski definition) is 1. The minimum atomic E-state index is 0.427. The van der Waals surface area contributed by atoms with E-state index >= 15 is 0 Å². The highest BCUT2D eigenvalue weighted by Gasteiger charge is 2.16. The van der Waals surface area contributed by atoms with Gasteiger partial charge in [0, 0.05) is 4.47 Å². The van der Waals surface area contributed by atoms with Crippen LogP contribution in [0.2, 0.25) is 10.0 Å². The van der Waals surface area contributed by atoms with Crippen LogP contribution in [0.25, 0.3) is 16.4 Å². The zero-order chi connectivity index (χ0) is 14.3. The quantitative estimate of drug-likeness (QED) is 0.435. The largest absolute Gasteiger partial charge is 0.266 e. The Morgan fingerprint density at radius 1 is 1.25 bits per heavy atom. The average Bonchev–Trinajstić information content (AvgIpc) is 3.06. The SMILES string of the molecule is S=c1[nH]nc(-c2cccs2)n1-c1ccc(Br)c(Cl)c1Cl. The molecule has 0 aliphatic rings. The first kappa shape index (κ1) is 14.3. The topological polar surface area (TPSA) is 33.6 Å². The number of benzene rings is 1. The van der Waals surface area contributed by atoms with E-state index < -0.39 is 0 Å². The zero-order valence-electron chi connectivity index (χ0n) is 9.73. The molecule has 0 radical (unpaired) electrons. The van der Waals surface area contributed by atoms with E-state index in [-0.39, 0.29) is 0 Å². The molecule has 2 heterocycles. The number of rotatable bonds is 2. The smallest absolute Gasteiger partial charge is 0.200 e. The van der Waals surface area contributed by atoms with E-state index in [2.05, 4.69) is 26.1 Å². The van der Waals surface area contributed by atoms with Gasteiger partial charge in [-0.1, -0.05) is 29.3 Å². The summed E-state index contributed by atoms with van der Waals surface area (Å²) in [7, 11) is 0. The molecular formula is C12H6BrCl2N3S2. The van der Waals surface area contributed by atoms with E-state index in [9.17, 15) is 0 Å². The number of hydrogen-bond acceptors (Lipinski definition) is 3. The summed E-state index contributed by atoms with van der Waals surface area (Å²) in [5.41, 5.74) is 0.696. The molecule has 1 N–H and O–H groups in total. The van der Waals surface area contributed by atoms with Gasteiger partial charge in [0.15, 0.2) is 10.6 Å². The van der Waals surface area contributed by atoms with Gasteiger partial charge < -0.3 is 0 Å². The normalized spacial score (nSPS) is 10.9. The molecule has 2 aromatic heterocycles. The van der Waals surface area contributed by atoms with Crippen LogP contribution in [0.4, 0.5) is 0 Å². The van der Waals surface area contributed by atoms with Crippen molar-refractivity contribution in [3.05, 3.63) is 48.9 Å². The number of thiophene rings is 1. The Morgan fingerprint density at radius 2 is 2.05 bits per heavy atom. The number of H-pyrrole nitrogens is 1. The summed E-state index contributed by atoms with van der Waals surface area (Å²) in [5, 5.41) is 9.92. The van der Waals surface area contributed by atoms with Crippen molar-refractivity contribution >= 4 is 62.7 Å². The number of nitrogens with one attached hydrogen (secondary N) is 1. The molecule has 0 spiro atoms. The maximum atomic E-state index is 6.33. The molecule has 3 rings (SSSR count). The summed E-state index contributed by atoms with van der Waals surface area (Å²) in [6.45, 7) is 0. The second kappa shape index (κ2) is 5.61. The predicted octanol–water partition coefficient (Wildman–Crippen LogP) is 5.73. The van der Waals surface area contributed by atoms with Crippen molar-refractivity contribution in [3.8, 4) is 16.4 Å². The summed E-state index contributed by atoms with van der Waals surface area (Å²) in [5.74, 6) is 0.713. The molecule has 0 saturated heterocycles. The van der Waals surface area contributed by atoms with Gasteiger partial charge in [-0.25, -0.2) is 0 Å². The molecule has 0 aliphatic heterocycles. The second-order valence-corrected chi connectivity index (χ2v) is 6.80. The van der Waals surface area contributed by atoms with Gasteiger partial charge >= 0.3 is 0 Å². The maximum Gasteiger partial charge on any atom is 0.200 e. The first-order valence-electron chi connectivity index (χ1n) is 5.44.